The Morgan fingerprint density at radius 1 is 1.25 bits per heavy atom. The second-order valence-electron chi connectivity index (χ2n) is 11.3. The van der Waals surface area contributed by atoms with E-state index < -0.39 is 19.3 Å². The van der Waals surface area contributed by atoms with Crippen LogP contribution >= 0.6 is 15.9 Å². The minimum absolute atomic E-state index is 0.0147. The van der Waals surface area contributed by atoms with Crippen LogP contribution in [0.1, 0.15) is 45.6 Å². The van der Waals surface area contributed by atoms with E-state index in [9.17, 15) is 15.2 Å². The highest BCUT2D eigenvalue weighted by Gasteiger charge is 2.43. The number of piperidine rings is 1. The van der Waals surface area contributed by atoms with Gasteiger partial charge in [0.2, 0.25) is 0 Å². The molecule has 7 nitrogen and oxygen atoms in total. The lowest BCUT2D eigenvalue weighted by molar-refractivity contribution is -0.384. The summed E-state index contributed by atoms with van der Waals surface area (Å²) in [4.78, 5) is 13.5. The van der Waals surface area contributed by atoms with E-state index >= 15 is 0 Å². The molecule has 0 aliphatic carbocycles. The van der Waals surface area contributed by atoms with Gasteiger partial charge in [-0.15, -0.1) is 0 Å². The minimum Gasteiger partial charge on any atom is -0.412 e. The minimum atomic E-state index is -2.01. The van der Waals surface area contributed by atoms with Crippen LogP contribution in [0.3, 0.4) is 0 Å². The van der Waals surface area contributed by atoms with Crippen molar-refractivity contribution in [2.24, 2.45) is 0 Å². The number of nitrogens with one attached hydrogen (secondary N) is 1. The number of likely N-dealkylation sites (tertiary alicyclic amines) is 1. The first kappa shape index (κ1) is 28.8. The number of nitro groups is 1. The van der Waals surface area contributed by atoms with Crippen molar-refractivity contribution in [2.75, 3.05) is 18.4 Å². The summed E-state index contributed by atoms with van der Waals surface area (Å²) in [6.07, 6.45) is 1.92. The van der Waals surface area contributed by atoms with E-state index in [1.54, 1.807) is 12.1 Å². The van der Waals surface area contributed by atoms with E-state index in [-0.39, 0.29) is 29.4 Å². The highest BCUT2D eigenvalue weighted by Crippen LogP contribution is 2.40. The first-order chi connectivity index (χ1) is 16.9. The Bertz CT molecular complexity index is 1020. The zero-order valence-electron chi connectivity index (χ0n) is 22.0. The molecule has 0 saturated carbocycles. The number of halogens is 1. The van der Waals surface area contributed by atoms with Gasteiger partial charge in [0.05, 0.1) is 17.1 Å². The molecule has 0 spiro atoms. The van der Waals surface area contributed by atoms with Crippen LogP contribution in [0.5, 0.6) is 0 Å². The molecule has 2 N–H and O–H groups in total. The van der Waals surface area contributed by atoms with Gasteiger partial charge < -0.3 is 14.8 Å². The molecule has 198 valence electrons. The number of hydrogen-bond acceptors (Lipinski definition) is 6. The number of hydrogen-bond donors (Lipinski definition) is 2. The number of nitrogens with zero attached hydrogens (tertiary/aromatic N) is 2. The fourth-order valence-electron chi connectivity index (χ4n) is 4.49. The van der Waals surface area contributed by atoms with Crippen LogP contribution in [0.25, 0.3) is 0 Å². The number of benzene rings is 2. The van der Waals surface area contributed by atoms with E-state index in [4.69, 9.17) is 4.43 Å². The summed E-state index contributed by atoms with van der Waals surface area (Å²) in [5, 5.41) is 25.8. The first-order valence-corrected chi connectivity index (χ1v) is 16.4. The largest absolute Gasteiger partial charge is 0.412 e. The van der Waals surface area contributed by atoms with E-state index in [0.29, 0.717) is 16.6 Å². The maximum Gasteiger partial charge on any atom is 0.293 e. The molecule has 3 atom stereocenters. The molecule has 9 heteroatoms. The zero-order valence-corrected chi connectivity index (χ0v) is 24.6. The van der Waals surface area contributed by atoms with Crippen LogP contribution < -0.4 is 5.32 Å². The highest BCUT2D eigenvalue weighted by atomic mass is 79.9. The third-order valence-corrected chi connectivity index (χ3v) is 12.5. The zero-order chi connectivity index (χ0) is 26.5. The second-order valence-corrected chi connectivity index (χ2v) is 16.9. The topological polar surface area (TPSA) is 87.9 Å². The molecule has 0 bridgehead atoms. The summed E-state index contributed by atoms with van der Waals surface area (Å²) in [5.41, 5.74) is 1.63. The summed E-state index contributed by atoms with van der Waals surface area (Å²) in [6.45, 7) is 13.3. The van der Waals surface area contributed by atoms with Gasteiger partial charge in [0.1, 0.15) is 5.69 Å². The molecular formula is C27H40BrN3O4Si. The molecule has 2 aromatic carbocycles. The molecule has 36 heavy (non-hydrogen) atoms. The smallest absolute Gasteiger partial charge is 0.293 e. The molecular weight excluding hydrogens is 538 g/mol. The lowest BCUT2D eigenvalue weighted by Gasteiger charge is -2.47. The summed E-state index contributed by atoms with van der Waals surface area (Å²) in [7, 11) is -2.01. The fraction of sp³-hybridized carbons (Fsp3) is 0.556. The van der Waals surface area contributed by atoms with Gasteiger partial charge in [0.25, 0.3) is 5.69 Å². The van der Waals surface area contributed by atoms with Crippen molar-refractivity contribution in [3.05, 3.63) is 68.7 Å². The number of aliphatic hydroxyl groups excluding tert-OH is 1. The summed E-state index contributed by atoms with van der Waals surface area (Å²) in [6, 6.07) is 15.4. The Balaban J connectivity index is 1.77. The van der Waals surface area contributed by atoms with Crippen molar-refractivity contribution < 1.29 is 14.5 Å². The Labute approximate surface area is 224 Å². The molecule has 3 rings (SSSR count). The third kappa shape index (κ3) is 7.61. The van der Waals surface area contributed by atoms with Gasteiger partial charge in [-0.2, -0.15) is 0 Å². The van der Waals surface area contributed by atoms with Crippen molar-refractivity contribution in [1.82, 2.24) is 4.90 Å². The van der Waals surface area contributed by atoms with E-state index in [1.807, 2.05) is 6.07 Å². The van der Waals surface area contributed by atoms with Crippen LogP contribution in [-0.4, -0.2) is 54.6 Å². The molecule has 1 aliphatic heterocycles. The van der Waals surface area contributed by atoms with Gasteiger partial charge >= 0.3 is 0 Å². The summed E-state index contributed by atoms with van der Waals surface area (Å²) >= 11 is 3.29. The van der Waals surface area contributed by atoms with Crippen LogP contribution in [0.4, 0.5) is 11.4 Å². The number of nitro benzene ring substituents is 1. The van der Waals surface area contributed by atoms with Crippen LogP contribution in [0, 0.1) is 10.1 Å². The van der Waals surface area contributed by atoms with Gasteiger partial charge in [-0.05, 0) is 61.6 Å². The van der Waals surface area contributed by atoms with Crippen molar-refractivity contribution in [3.8, 4) is 0 Å². The quantitative estimate of drug-likeness (QED) is 0.188. The number of aliphatic hydroxyl groups is 1. The second kappa shape index (κ2) is 12.2. The normalized spacial score (nSPS) is 20.2. The molecule has 2 aromatic rings. The molecule has 0 amide bonds. The van der Waals surface area contributed by atoms with Crippen LogP contribution in [0.15, 0.2) is 53.0 Å². The first-order valence-electron chi connectivity index (χ1n) is 12.7. The molecule has 0 aromatic heterocycles. The predicted octanol–water partition coefficient (Wildman–Crippen LogP) is 6.58. The molecule has 1 unspecified atom stereocenters. The lowest BCUT2D eigenvalue weighted by atomic mass is 9.93. The van der Waals surface area contributed by atoms with Gasteiger partial charge in [-0.25, -0.2) is 0 Å². The average molecular weight is 579 g/mol. The Morgan fingerprint density at radius 3 is 2.58 bits per heavy atom. The molecule has 1 aliphatic rings. The monoisotopic (exact) mass is 577 g/mol. The van der Waals surface area contributed by atoms with E-state index in [1.165, 1.54) is 11.6 Å². The molecule has 1 saturated heterocycles. The van der Waals surface area contributed by atoms with E-state index in [2.05, 4.69) is 84.3 Å². The Kier molecular flexibility index (Phi) is 9.73. The van der Waals surface area contributed by atoms with Crippen molar-refractivity contribution in [3.63, 3.8) is 0 Å². The third-order valence-electron chi connectivity index (χ3n) is 7.51. The van der Waals surface area contributed by atoms with Gasteiger partial charge in [-0.1, -0.05) is 67.0 Å². The average Bonchev–Trinajstić information content (AvgIpc) is 2.80. The van der Waals surface area contributed by atoms with Crippen molar-refractivity contribution in [2.45, 2.75) is 83.0 Å². The maximum atomic E-state index is 11.5. The summed E-state index contributed by atoms with van der Waals surface area (Å²) in [5.74, 6) is 0. The van der Waals surface area contributed by atoms with E-state index in [0.717, 1.165) is 25.9 Å². The van der Waals surface area contributed by atoms with Gasteiger partial charge in [0, 0.05) is 29.7 Å². The molecule has 0 radical (unpaired) electrons. The fourth-order valence-corrected chi connectivity index (χ4v) is 6.23. The van der Waals surface area contributed by atoms with Crippen LogP contribution in [0.2, 0.25) is 18.1 Å². The standard InChI is InChI=1S/C27H40BrN3O4Si/c1-27(2,3)36(4,5)35-26-12-9-15-30(19-20-10-7-6-8-11-20)25(26)17-22(32)18-29-23-14-13-21(28)16-24(23)31(33)34/h6-8,10-11,13-14,16,22,25-26,29,32H,9,12,15,17-19H2,1-5H3/t22?,25-,26+/m1/s1. The predicted molar refractivity (Wildman–Crippen MR) is 152 cm³/mol. The highest BCUT2D eigenvalue weighted by molar-refractivity contribution is 9.10. The van der Waals surface area contributed by atoms with Crippen LogP contribution in [-0.2, 0) is 11.0 Å². The molecule has 1 fully saturated rings. The number of rotatable bonds is 10. The van der Waals surface area contributed by atoms with Gasteiger partial charge in [-0.3, -0.25) is 15.0 Å². The lowest BCUT2D eigenvalue weighted by Crippen LogP contribution is -2.55. The summed E-state index contributed by atoms with van der Waals surface area (Å²) < 4.78 is 7.57. The number of anilines is 1. The van der Waals surface area contributed by atoms with Crippen molar-refractivity contribution >= 4 is 35.6 Å². The van der Waals surface area contributed by atoms with Gasteiger partial charge in [0.15, 0.2) is 8.32 Å². The molecule has 1 heterocycles. The Hall–Kier alpha value is -1.78. The SMILES string of the molecule is CC(C)(C)[Si](C)(C)O[C@H]1CCCN(Cc2ccccc2)[C@@H]1CC(O)CNc1ccc(Br)cc1[N+](=O)[O-]. The Morgan fingerprint density at radius 2 is 1.94 bits per heavy atom. The van der Waals surface area contributed by atoms with Crippen molar-refractivity contribution in [1.29, 1.82) is 0 Å². The maximum absolute atomic E-state index is 11.5.